The quantitative estimate of drug-likeness (QED) is 0.597. The number of hydrogen-bond donors (Lipinski definition) is 0. The number of sulfone groups is 1. The van der Waals surface area contributed by atoms with Crippen LogP contribution in [0.1, 0.15) is 25.3 Å². The van der Waals surface area contributed by atoms with Crippen molar-refractivity contribution in [1.82, 2.24) is 4.90 Å². The van der Waals surface area contributed by atoms with Gasteiger partial charge in [0.25, 0.3) is 5.91 Å². The number of benzene rings is 2. The van der Waals surface area contributed by atoms with Gasteiger partial charge in [0.15, 0.2) is 27.5 Å². The summed E-state index contributed by atoms with van der Waals surface area (Å²) in [5.41, 5.74) is 0.873. The molecule has 0 bridgehead atoms. The Labute approximate surface area is 178 Å². The van der Waals surface area contributed by atoms with Gasteiger partial charge in [0, 0.05) is 17.1 Å². The summed E-state index contributed by atoms with van der Waals surface area (Å²) >= 11 is 3.42. The highest BCUT2D eigenvalue weighted by Gasteiger charge is 2.37. The zero-order valence-corrected chi connectivity index (χ0v) is 18.5. The van der Waals surface area contributed by atoms with E-state index >= 15 is 0 Å². The maximum absolute atomic E-state index is 14.0. The molecule has 156 valence electrons. The van der Waals surface area contributed by atoms with Gasteiger partial charge in [-0.3, -0.25) is 4.79 Å². The predicted octanol–water partition coefficient (Wildman–Crippen LogP) is 3.96. The second-order valence-corrected chi connectivity index (χ2v) is 10.2. The van der Waals surface area contributed by atoms with Crippen LogP contribution in [0.5, 0.6) is 5.75 Å². The number of halogens is 2. The molecular formula is C21H23BrFNO4S. The van der Waals surface area contributed by atoms with E-state index in [1.165, 1.54) is 12.1 Å². The molecule has 2 aromatic carbocycles. The van der Waals surface area contributed by atoms with Gasteiger partial charge >= 0.3 is 0 Å². The van der Waals surface area contributed by atoms with Crippen LogP contribution < -0.4 is 4.74 Å². The molecule has 1 aliphatic heterocycles. The van der Waals surface area contributed by atoms with Crippen molar-refractivity contribution in [3.8, 4) is 5.75 Å². The standard InChI is InChI=1S/C21H23BrFNO4S/c1-2-19(28-20-9-4-3-8-18(20)23)21(25)24(17-10-11-29(26,27)14-17)13-15-6-5-7-16(22)12-15/h3-9,12,17,19H,2,10-11,13-14H2,1H3. The van der Waals surface area contributed by atoms with Crippen LogP contribution in [0.25, 0.3) is 0 Å². The number of ether oxygens (including phenoxy) is 1. The van der Waals surface area contributed by atoms with Crippen LogP contribution in [0.2, 0.25) is 0 Å². The lowest BCUT2D eigenvalue weighted by atomic mass is 10.1. The van der Waals surface area contributed by atoms with Crippen LogP contribution in [0, 0.1) is 5.82 Å². The molecule has 1 fully saturated rings. The third-order valence-electron chi connectivity index (χ3n) is 4.93. The van der Waals surface area contributed by atoms with Gasteiger partial charge in [-0.25, -0.2) is 12.8 Å². The molecular weight excluding hydrogens is 461 g/mol. The Morgan fingerprint density at radius 3 is 2.66 bits per heavy atom. The Bertz CT molecular complexity index is 982. The maximum atomic E-state index is 14.0. The van der Waals surface area contributed by atoms with Gasteiger partial charge in [-0.1, -0.05) is 47.1 Å². The minimum atomic E-state index is -3.18. The highest BCUT2D eigenvalue weighted by Crippen LogP contribution is 2.25. The molecule has 1 aliphatic rings. The molecule has 0 spiro atoms. The van der Waals surface area contributed by atoms with Crippen molar-refractivity contribution in [2.45, 2.75) is 38.5 Å². The Balaban J connectivity index is 1.86. The SMILES string of the molecule is CCC(Oc1ccccc1F)C(=O)N(Cc1cccc(Br)c1)C1CCS(=O)(=O)C1. The van der Waals surface area contributed by atoms with Crippen LogP contribution in [0.4, 0.5) is 4.39 Å². The zero-order valence-electron chi connectivity index (χ0n) is 16.1. The van der Waals surface area contributed by atoms with Gasteiger partial charge in [-0.15, -0.1) is 0 Å². The number of rotatable bonds is 7. The molecule has 0 radical (unpaired) electrons. The second kappa shape index (κ2) is 9.26. The van der Waals surface area contributed by atoms with Crippen molar-refractivity contribution in [3.63, 3.8) is 0 Å². The fourth-order valence-corrected chi connectivity index (χ4v) is 5.60. The number of carbonyl (C=O) groups is 1. The van der Waals surface area contributed by atoms with Gasteiger partial charge < -0.3 is 9.64 Å². The van der Waals surface area contributed by atoms with Gasteiger partial charge in [0.1, 0.15) is 0 Å². The molecule has 8 heteroatoms. The molecule has 2 atom stereocenters. The van der Waals surface area contributed by atoms with E-state index in [1.807, 2.05) is 24.3 Å². The molecule has 5 nitrogen and oxygen atoms in total. The minimum absolute atomic E-state index is 0.00847. The van der Waals surface area contributed by atoms with Crippen molar-refractivity contribution in [2.24, 2.45) is 0 Å². The summed E-state index contributed by atoms with van der Waals surface area (Å²) in [6, 6.07) is 13.0. The Hall–Kier alpha value is -1.93. The largest absolute Gasteiger partial charge is 0.478 e. The van der Waals surface area contributed by atoms with Crippen LogP contribution in [0.3, 0.4) is 0 Å². The van der Waals surface area contributed by atoms with Gasteiger partial charge in [-0.2, -0.15) is 0 Å². The molecule has 0 aliphatic carbocycles. The lowest BCUT2D eigenvalue weighted by Gasteiger charge is -2.32. The number of carbonyl (C=O) groups excluding carboxylic acids is 1. The van der Waals surface area contributed by atoms with E-state index in [4.69, 9.17) is 4.74 Å². The van der Waals surface area contributed by atoms with Crippen molar-refractivity contribution in [3.05, 3.63) is 64.4 Å². The topological polar surface area (TPSA) is 63.7 Å². The summed E-state index contributed by atoms with van der Waals surface area (Å²) in [7, 11) is -3.18. The molecule has 3 rings (SSSR count). The van der Waals surface area contributed by atoms with E-state index in [1.54, 1.807) is 24.0 Å². The van der Waals surface area contributed by atoms with Crippen LogP contribution >= 0.6 is 15.9 Å². The first-order valence-electron chi connectivity index (χ1n) is 9.45. The lowest BCUT2D eigenvalue weighted by Crippen LogP contribution is -2.47. The highest BCUT2D eigenvalue weighted by atomic mass is 79.9. The summed E-state index contributed by atoms with van der Waals surface area (Å²) < 4.78 is 44.6. The molecule has 0 N–H and O–H groups in total. The van der Waals surface area contributed by atoms with Gasteiger partial charge in [-0.05, 0) is 42.7 Å². The normalized spacial score (nSPS) is 18.9. The summed E-state index contributed by atoms with van der Waals surface area (Å²) in [6.07, 6.45) is -0.179. The van der Waals surface area contributed by atoms with Crippen LogP contribution in [-0.2, 0) is 21.2 Å². The number of amides is 1. The third kappa shape index (κ3) is 5.57. The zero-order chi connectivity index (χ0) is 21.0. The number of para-hydroxylation sites is 1. The van der Waals surface area contributed by atoms with E-state index in [0.29, 0.717) is 12.8 Å². The van der Waals surface area contributed by atoms with Gasteiger partial charge in [0.05, 0.1) is 11.5 Å². The van der Waals surface area contributed by atoms with Crippen molar-refractivity contribution < 1.29 is 22.3 Å². The van der Waals surface area contributed by atoms with E-state index in [9.17, 15) is 17.6 Å². The van der Waals surface area contributed by atoms with Crippen LogP contribution in [-0.4, -0.2) is 42.9 Å². The van der Waals surface area contributed by atoms with Crippen molar-refractivity contribution >= 4 is 31.7 Å². The first kappa shape index (κ1) is 21.8. The maximum Gasteiger partial charge on any atom is 0.264 e. The summed E-state index contributed by atoms with van der Waals surface area (Å²) in [4.78, 5) is 14.9. The predicted molar refractivity (Wildman–Crippen MR) is 113 cm³/mol. The summed E-state index contributed by atoms with van der Waals surface area (Å²) in [6.45, 7) is 2.04. The fourth-order valence-electron chi connectivity index (χ4n) is 3.43. The van der Waals surface area contributed by atoms with Gasteiger partial charge in [0.2, 0.25) is 0 Å². The average molecular weight is 484 g/mol. The van der Waals surface area contributed by atoms with Crippen molar-refractivity contribution in [2.75, 3.05) is 11.5 Å². The first-order valence-corrected chi connectivity index (χ1v) is 12.1. The van der Waals surface area contributed by atoms with E-state index in [-0.39, 0.29) is 29.7 Å². The monoisotopic (exact) mass is 483 g/mol. The first-order chi connectivity index (χ1) is 13.8. The third-order valence-corrected chi connectivity index (χ3v) is 7.17. The molecule has 1 saturated heterocycles. The summed E-state index contributed by atoms with van der Waals surface area (Å²) in [5, 5.41) is 0. The molecule has 0 aromatic heterocycles. The molecule has 1 heterocycles. The smallest absolute Gasteiger partial charge is 0.264 e. The molecule has 2 unspecified atom stereocenters. The number of hydrogen-bond acceptors (Lipinski definition) is 4. The van der Waals surface area contributed by atoms with Crippen LogP contribution in [0.15, 0.2) is 53.0 Å². The van der Waals surface area contributed by atoms with E-state index in [0.717, 1.165) is 10.0 Å². The minimum Gasteiger partial charge on any atom is -0.478 e. The number of nitrogens with zero attached hydrogens (tertiary/aromatic N) is 1. The Kier molecular flexibility index (Phi) is 6.95. The van der Waals surface area contributed by atoms with E-state index in [2.05, 4.69) is 15.9 Å². The Morgan fingerprint density at radius 1 is 1.28 bits per heavy atom. The summed E-state index contributed by atoms with van der Waals surface area (Å²) in [5.74, 6) is -0.874. The van der Waals surface area contributed by atoms with Crippen molar-refractivity contribution in [1.29, 1.82) is 0 Å². The lowest BCUT2D eigenvalue weighted by molar-refractivity contribution is -0.141. The Morgan fingerprint density at radius 2 is 2.03 bits per heavy atom. The highest BCUT2D eigenvalue weighted by molar-refractivity contribution is 9.10. The fraction of sp³-hybridized carbons (Fsp3) is 0.381. The average Bonchev–Trinajstić information content (AvgIpc) is 3.04. The molecule has 29 heavy (non-hydrogen) atoms. The second-order valence-electron chi connectivity index (χ2n) is 7.10. The molecule has 2 aromatic rings. The molecule has 0 saturated carbocycles. The molecule has 1 amide bonds. The van der Waals surface area contributed by atoms with E-state index < -0.39 is 27.8 Å².